The molecule has 0 aliphatic heterocycles. The molecule has 0 saturated carbocycles. The number of nitrogens with zero attached hydrogens (tertiary/aromatic N) is 1. The van der Waals surface area contributed by atoms with Crippen LogP contribution in [0.1, 0.15) is 18.5 Å². The molecule has 0 amide bonds. The number of aromatic nitrogens is 1. The van der Waals surface area contributed by atoms with E-state index < -0.39 is 0 Å². The Balaban J connectivity index is 2.05. The molecule has 1 unspecified atom stereocenters. The third-order valence-corrected chi connectivity index (χ3v) is 2.95. The fraction of sp³-hybridized carbons (Fsp3) is 0.267. The Morgan fingerprint density at radius 3 is 2.85 bits per heavy atom. The molecule has 1 atom stereocenters. The average Bonchev–Trinajstić information content (AvgIpc) is 2.42. The number of pyridine rings is 1. The molecule has 0 aliphatic rings. The Labute approximate surface area is 116 Å². The molecule has 0 radical (unpaired) electrons. The summed E-state index contributed by atoms with van der Waals surface area (Å²) >= 11 is 0. The summed E-state index contributed by atoms with van der Waals surface area (Å²) in [4.78, 5) is 11.5. The van der Waals surface area contributed by atoms with Crippen molar-refractivity contribution in [1.82, 2.24) is 4.57 Å². The Morgan fingerprint density at radius 1 is 1.35 bits per heavy atom. The van der Waals surface area contributed by atoms with Crippen LogP contribution in [-0.2, 0) is 6.54 Å². The van der Waals surface area contributed by atoms with Crippen LogP contribution in [0.25, 0.3) is 0 Å². The smallest absolute Gasteiger partial charge is 0.250 e. The van der Waals surface area contributed by atoms with Crippen LogP contribution in [-0.4, -0.2) is 11.2 Å². The molecule has 1 aromatic heterocycles. The lowest BCUT2D eigenvalue weighted by Gasteiger charge is -2.14. The number of nitrogens with two attached hydrogens (primary N) is 1. The SMILES string of the molecule is CC(N)c1cc(F)ccc1OCCn1ccccc1=O. The van der Waals surface area contributed by atoms with Crippen molar-refractivity contribution < 1.29 is 9.13 Å². The van der Waals surface area contributed by atoms with Gasteiger partial charge in [-0.25, -0.2) is 4.39 Å². The summed E-state index contributed by atoms with van der Waals surface area (Å²) in [5, 5.41) is 0. The summed E-state index contributed by atoms with van der Waals surface area (Å²) in [7, 11) is 0. The first-order chi connectivity index (χ1) is 9.58. The summed E-state index contributed by atoms with van der Waals surface area (Å²) in [5.74, 6) is 0.203. The minimum absolute atomic E-state index is 0.0809. The van der Waals surface area contributed by atoms with Gasteiger partial charge in [-0.2, -0.15) is 0 Å². The third-order valence-electron chi connectivity index (χ3n) is 2.95. The van der Waals surface area contributed by atoms with Crippen molar-refractivity contribution in [3.63, 3.8) is 0 Å². The van der Waals surface area contributed by atoms with Crippen LogP contribution in [0.15, 0.2) is 47.4 Å². The number of rotatable bonds is 5. The van der Waals surface area contributed by atoms with Gasteiger partial charge in [0.2, 0.25) is 0 Å². The number of halogens is 1. The van der Waals surface area contributed by atoms with Crippen molar-refractivity contribution in [2.45, 2.75) is 19.5 Å². The number of benzene rings is 1. The van der Waals surface area contributed by atoms with Gasteiger partial charge in [-0.15, -0.1) is 0 Å². The fourth-order valence-corrected chi connectivity index (χ4v) is 1.91. The summed E-state index contributed by atoms with van der Waals surface area (Å²) in [6, 6.07) is 8.90. The maximum absolute atomic E-state index is 13.2. The van der Waals surface area contributed by atoms with Crippen molar-refractivity contribution in [2.75, 3.05) is 6.61 Å². The van der Waals surface area contributed by atoms with E-state index in [2.05, 4.69) is 0 Å². The van der Waals surface area contributed by atoms with Gasteiger partial charge in [0.05, 0.1) is 6.54 Å². The Hall–Kier alpha value is -2.14. The van der Waals surface area contributed by atoms with Crippen LogP contribution in [0.2, 0.25) is 0 Å². The highest BCUT2D eigenvalue weighted by atomic mass is 19.1. The van der Waals surface area contributed by atoms with Gasteiger partial charge >= 0.3 is 0 Å². The van der Waals surface area contributed by atoms with E-state index in [0.717, 1.165) is 0 Å². The molecule has 1 aromatic carbocycles. The maximum Gasteiger partial charge on any atom is 0.250 e. The number of hydrogen-bond acceptors (Lipinski definition) is 3. The van der Waals surface area contributed by atoms with Crippen molar-refractivity contribution in [2.24, 2.45) is 5.73 Å². The van der Waals surface area contributed by atoms with Gasteiger partial charge in [0.25, 0.3) is 5.56 Å². The molecule has 1 heterocycles. The zero-order valence-corrected chi connectivity index (χ0v) is 11.3. The maximum atomic E-state index is 13.2. The van der Waals surface area contributed by atoms with Crippen LogP contribution < -0.4 is 16.0 Å². The normalized spacial score (nSPS) is 12.2. The zero-order chi connectivity index (χ0) is 14.5. The Bertz CT molecular complexity index is 638. The van der Waals surface area contributed by atoms with Crippen LogP contribution in [0.4, 0.5) is 4.39 Å². The van der Waals surface area contributed by atoms with E-state index in [0.29, 0.717) is 24.5 Å². The van der Waals surface area contributed by atoms with E-state index in [9.17, 15) is 9.18 Å². The second-order valence-electron chi connectivity index (χ2n) is 4.55. The van der Waals surface area contributed by atoms with Gasteiger partial charge in [0.1, 0.15) is 18.2 Å². The first-order valence-electron chi connectivity index (χ1n) is 6.41. The Kier molecular flexibility index (Phi) is 4.53. The molecule has 0 spiro atoms. The van der Waals surface area contributed by atoms with E-state index in [-0.39, 0.29) is 17.4 Å². The van der Waals surface area contributed by atoms with E-state index in [1.807, 2.05) is 0 Å². The van der Waals surface area contributed by atoms with Crippen molar-refractivity contribution in [3.05, 3.63) is 64.3 Å². The van der Waals surface area contributed by atoms with Gasteiger partial charge in [-0.05, 0) is 31.2 Å². The lowest BCUT2D eigenvalue weighted by Crippen LogP contribution is -2.21. The third kappa shape index (κ3) is 3.45. The molecule has 20 heavy (non-hydrogen) atoms. The lowest BCUT2D eigenvalue weighted by atomic mass is 10.1. The summed E-state index contributed by atoms with van der Waals surface area (Å²) in [6.45, 7) is 2.51. The van der Waals surface area contributed by atoms with Gasteiger partial charge < -0.3 is 15.0 Å². The monoisotopic (exact) mass is 276 g/mol. The van der Waals surface area contributed by atoms with E-state index >= 15 is 0 Å². The molecule has 2 aromatic rings. The molecule has 0 saturated heterocycles. The lowest BCUT2D eigenvalue weighted by molar-refractivity contribution is 0.292. The largest absolute Gasteiger partial charge is 0.491 e. The summed E-state index contributed by atoms with van der Waals surface area (Å²) < 4.78 is 20.3. The van der Waals surface area contributed by atoms with Crippen LogP contribution in [0.5, 0.6) is 5.75 Å². The highest BCUT2D eigenvalue weighted by molar-refractivity contribution is 5.36. The molecule has 0 aliphatic carbocycles. The highest BCUT2D eigenvalue weighted by Gasteiger charge is 2.09. The fourth-order valence-electron chi connectivity index (χ4n) is 1.91. The van der Waals surface area contributed by atoms with E-state index in [1.54, 1.807) is 35.9 Å². The molecule has 106 valence electrons. The van der Waals surface area contributed by atoms with Crippen LogP contribution >= 0.6 is 0 Å². The number of hydrogen-bond donors (Lipinski definition) is 1. The van der Waals surface area contributed by atoms with E-state index in [4.69, 9.17) is 10.5 Å². The topological polar surface area (TPSA) is 57.2 Å². The molecule has 4 nitrogen and oxygen atoms in total. The molecule has 0 fully saturated rings. The van der Waals surface area contributed by atoms with Gasteiger partial charge in [0.15, 0.2) is 0 Å². The second-order valence-corrected chi connectivity index (χ2v) is 4.55. The molecule has 2 rings (SSSR count). The van der Waals surface area contributed by atoms with E-state index in [1.165, 1.54) is 18.2 Å². The molecule has 0 bridgehead atoms. The van der Waals surface area contributed by atoms with Gasteiger partial charge in [-0.3, -0.25) is 4.79 Å². The van der Waals surface area contributed by atoms with Crippen molar-refractivity contribution in [1.29, 1.82) is 0 Å². The quantitative estimate of drug-likeness (QED) is 0.909. The molecular formula is C15H17FN2O2. The van der Waals surface area contributed by atoms with Gasteiger partial charge in [-0.1, -0.05) is 6.07 Å². The first-order valence-corrected chi connectivity index (χ1v) is 6.41. The molecular weight excluding hydrogens is 259 g/mol. The molecule has 2 N–H and O–H groups in total. The van der Waals surface area contributed by atoms with Gasteiger partial charge in [0, 0.05) is 23.9 Å². The zero-order valence-electron chi connectivity index (χ0n) is 11.3. The predicted molar refractivity (Wildman–Crippen MR) is 75.2 cm³/mol. The predicted octanol–water partition coefficient (Wildman–Crippen LogP) is 2.09. The minimum Gasteiger partial charge on any atom is -0.491 e. The molecule has 5 heteroatoms. The van der Waals surface area contributed by atoms with Crippen LogP contribution in [0.3, 0.4) is 0 Å². The van der Waals surface area contributed by atoms with Crippen molar-refractivity contribution in [3.8, 4) is 5.75 Å². The summed E-state index contributed by atoms with van der Waals surface area (Å²) in [6.07, 6.45) is 1.70. The Morgan fingerprint density at radius 2 is 2.15 bits per heavy atom. The summed E-state index contributed by atoms with van der Waals surface area (Å²) in [5.41, 5.74) is 6.32. The first kappa shape index (κ1) is 14.3. The number of ether oxygens (including phenoxy) is 1. The second kappa shape index (κ2) is 6.34. The minimum atomic E-state index is -0.344. The van der Waals surface area contributed by atoms with Crippen LogP contribution in [0, 0.1) is 5.82 Å². The highest BCUT2D eigenvalue weighted by Crippen LogP contribution is 2.24. The van der Waals surface area contributed by atoms with Crippen molar-refractivity contribution >= 4 is 0 Å². The standard InChI is InChI=1S/C15H17FN2O2/c1-11(17)13-10-12(16)5-6-14(13)20-9-8-18-7-3-2-4-15(18)19/h2-7,10-11H,8-9,17H2,1H3. The average molecular weight is 276 g/mol.